The molecule has 3 heteroatoms. The molecule has 0 bridgehead atoms. The first kappa shape index (κ1) is 13.9. The van der Waals surface area contributed by atoms with Gasteiger partial charge in [-0.05, 0) is 43.0 Å². The van der Waals surface area contributed by atoms with E-state index in [4.69, 9.17) is 16.3 Å². The van der Waals surface area contributed by atoms with Crippen LogP contribution in [0.2, 0.25) is 0 Å². The maximum absolute atomic E-state index is 6.16. The Hall–Kier alpha value is -0.210. The predicted octanol–water partition coefficient (Wildman–Crippen LogP) is 4.87. The van der Waals surface area contributed by atoms with Gasteiger partial charge in [0, 0.05) is 9.85 Å². The van der Waals surface area contributed by atoms with E-state index in [1.807, 2.05) is 24.3 Å². The highest BCUT2D eigenvalue weighted by Crippen LogP contribution is 2.18. The number of halogens is 2. The molecule has 1 aromatic carbocycles. The van der Waals surface area contributed by atoms with E-state index in [1.54, 1.807) is 0 Å². The third-order valence-corrected chi connectivity index (χ3v) is 3.68. The van der Waals surface area contributed by atoms with Crippen LogP contribution in [0.5, 0.6) is 5.75 Å². The lowest BCUT2D eigenvalue weighted by Gasteiger charge is -2.13. The Labute approximate surface area is 111 Å². The van der Waals surface area contributed by atoms with Crippen molar-refractivity contribution in [2.75, 3.05) is 6.61 Å². The monoisotopic (exact) mass is 304 g/mol. The SMILES string of the molecule is CC(C)C(Cl)CCCOc1ccc(Br)cc1. The van der Waals surface area contributed by atoms with Crippen LogP contribution in [0.1, 0.15) is 26.7 Å². The van der Waals surface area contributed by atoms with Crippen LogP contribution >= 0.6 is 27.5 Å². The summed E-state index contributed by atoms with van der Waals surface area (Å²) in [7, 11) is 0. The second-order valence-corrected chi connectivity index (χ2v) is 5.68. The fraction of sp³-hybridized carbons (Fsp3) is 0.538. The van der Waals surface area contributed by atoms with E-state index < -0.39 is 0 Å². The number of hydrogen-bond donors (Lipinski definition) is 0. The van der Waals surface area contributed by atoms with Crippen molar-refractivity contribution < 1.29 is 4.74 Å². The van der Waals surface area contributed by atoms with Crippen LogP contribution in [-0.2, 0) is 0 Å². The van der Waals surface area contributed by atoms with Crippen LogP contribution < -0.4 is 4.74 Å². The summed E-state index contributed by atoms with van der Waals surface area (Å²) in [6.45, 7) is 5.03. The van der Waals surface area contributed by atoms with Crippen LogP contribution in [0.4, 0.5) is 0 Å². The third kappa shape index (κ3) is 5.22. The second-order valence-electron chi connectivity index (χ2n) is 4.20. The van der Waals surface area contributed by atoms with Crippen LogP contribution in [0.3, 0.4) is 0 Å². The van der Waals surface area contributed by atoms with Crippen molar-refractivity contribution in [2.24, 2.45) is 5.92 Å². The molecule has 0 fully saturated rings. The lowest BCUT2D eigenvalue weighted by atomic mass is 10.1. The molecule has 0 saturated heterocycles. The quantitative estimate of drug-likeness (QED) is 0.538. The van der Waals surface area contributed by atoms with Gasteiger partial charge >= 0.3 is 0 Å². The summed E-state index contributed by atoms with van der Waals surface area (Å²) in [5.41, 5.74) is 0. The molecule has 0 heterocycles. The third-order valence-electron chi connectivity index (χ3n) is 2.43. The van der Waals surface area contributed by atoms with Gasteiger partial charge in [-0.25, -0.2) is 0 Å². The largest absolute Gasteiger partial charge is 0.494 e. The highest BCUT2D eigenvalue weighted by Gasteiger charge is 2.08. The first-order valence-corrected chi connectivity index (χ1v) is 6.85. The van der Waals surface area contributed by atoms with Crippen LogP contribution in [0, 0.1) is 5.92 Å². The average molecular weight is 306 g/mol. The molecular weight excluding hydrogens is 287 g/mol. The van der Waals surface area contributed by atoms with Crippen molar-refractivity contribution in [1.29, 1.82) is 0 Å². The van der Waals surface area contributed by atoms with Crippen LogP contribution in [-0.4, -0.2) is 12.0 Å². The molecule has 0 saturated carbocycles. The zero-order chi connectivity index (χ0) is 12.0. The van der Waals surface area contributed by atoms with Crippen molar-refractivity contribution in [3.05, 3.63) is 28.7 Å². The standard InChI is InChI=1S/C13H18BrClO/c1-10(2)13(15)4-3-9-16-12-7-5-11(14)6-8-12/h5-8,10,13H,3-4,9H2,1-2H3. The zero-order valence-electron chi connectivity index (χ0n) is 9.75. The van der Waals surface area contributed by atoms with E-state index in [1.165, 1.54) is 0 Å². The molecule has 0 aliphatic carbocycles. The molecule has 0 aliphatic heterocycles. The summed E-state index contributed by atoms with van der Waals surface area (Å²) < 4.78 is 6.68. The Morgan fingerprint density at radius 2 is 1.88 bits per heavy atom. The summed E-state index contributed by atoms with van der Waals surface area (Å²) in [6, 6.07) is 7.89. The summed E-state index contributed by atoms with van der Waals surface area (Å²) >= 11 is 9.55. The molecule has 0 aromatic heterocycles. The van der Waals surface area contributed by atoms with Crippen molar-refractivity contribution in [1.82, 2.24) is 0 Å². The molecular formula is C13H18BrClO. The summed E-state index contributed by atoms with van der Waals surface area (Å²) in [6.07, 6.45) is 2.01. The average Bonchev–Trinajstić information content (AvgIpc) is 2.26. The fourth-order valence-corrected chi connectivity index (χ4v) is 1.75. The first-order valence-electron chi connectivity index (χ1n) is 5.62. The highest BCUT2D eigenvalue weighted by molar-refractivity contribution is 9.10. The summed E-state index contributed by atoms with van der Waals surface area (Å²) in [5.74, 6) is 1.45. The van der Waals surface area contributed by atoms with Crippen molar-refractivity contribution in [3.63, 3.8) is 0 Å². The van der Waals surface area contributed by atoms with Gasteiger partial charge < -0.3 is 4.74 Å². The van der Waals surface area contributed by atoms with Gasteiger partial charge in [0.15, 0.2) is 0 Å². The van der Waals surface area contributed by atoms with Gasteiger partial charge in [-0.15, -0.1) is 11.6 Å². The number of alkyl halides is 1. The minimum absolute atomic E-state index is 0.258. The number of ether oxygens (including phenoxy) is 1. The smallest absolute Gasteiger partial charge is 0.119 e. The Kier molecular flexibility index (Phi) is 6.22. The Bertz CT molecular complexity index is 297. The fourth-order valence-electron chi connectivity index (χ4n) is 1.33. The van der Waals surface area contributed by atoms with E-state index in [0.29, 0.717) is 5.92 Å². The van der Waals surface area contributed by atoms with Gasteiger partial charge in [0.2, 0.25) is 0 Å². The summed E-state index contributed by atoms with van der Waals surface area (Å²) in [5, 5.41) is 0.258. The van der Waals surface area contributed by atoms with E-state index >= 15 is 0 Å². The Morgan fingerprint density at radius 1 is 1.25 bits per heavy atom. The molecule has 0 amide bonds. The van der Waals surface area contributed by atoms with E-state index in [9.17, 15) is 0 Å². The first-order chi connectivity index (χ1) is 7.59. The Morgan fingerprint density at radius 3 is 2.44 bits per heavy atom. The lowest BCUT2D eigenvalue weighted by Crippen LogP contribution is -2.09. The molecule has 0 aliphatic rings. The number of hydrogen-bond acceptors (Lipinski definition) is 1. The van der Waals surface area contributed by atoms with Crippen molar-refractivity contribution >= 4 is 27.5 Å². The number of benzene rings is 1. The molecule has 1 aromatic rings. The van der Waals surface area contributed by atoms with Crippen molar-refractivity contribution in [2.45, 2.75) is 32.1 Å². The minimum atomic E-state index is 0.258. The molecule has 90 valence electrons. The minimum Gasteiger partial charge on any atom is -0.494 e. The van der Waals surface area contributed by atoms with E-state index in [-0.39, 0.29) is 5.38 Å². The van der Waals surface area contributed by atoms with E-state index in [2.05, 4.69) is 29.8 Å². The van der Waals surface area contributed by atoms with Gasteiger partial charge in [0.25, 0.3) is 0 Å². The molecule has 16 heavy (non-hydrogen) atoms. The second kappa shape index (κ2) is 7.18. The van der Waals surface area contributed by atoms with Crippen LogP contribution in [0.15, 0.2) is 28.7 Å². The van der Waals surface area contributed by atoms with E-state index in [0.717, 1.165) is 29.7 Å². The van der Waals surface area contributed by atoms with Gasteiger partial charge in [0.1, 0.15) is 5.75 Å². The molecule has 0 N–H and O–H groups in total. The zero-order valence-corrected chi connectivity index (χ0v) is 12.1. The predicted molar refractivity (Wildman–Crippen MR) is 73.4 cm³/mol. The van der Waals surface area contributed by atoms with Gasteiger partial charge in [-0.1, -0.05) is 29.8 Å². The lowest BCUT2D eigenvalue weighted by molar-refractivity contribution is 0.302. The van der Waals surface area contributed by atoms with Gasteiger partial charge in [0.05, 0.1) is 6.61 Å². The normalized spacial score (nSPS) is 12.8. The molecule has 1 unspecified atom stereocenters. The number of rotatable bonds is 6. The molecule has 0 radical (unpaired) electrons. The molecule has 0 spiro atoms. The molecule has 1 rings (SSSR count). The molecule has 1 nitrogen and oxygen atoms in total. The van der Waals surface area contributed by atoms with Gasteiger partial charge in [-0.3, -0.25) is 0 Å². The van der Waals surface area contributed by atoms with Crippen LogP contribution in [0.25, 0.3) is 0 Å². The highest BCUT2D eigenvalue weighted by atomic mass is 79.9. The summed E-state index contributed by atoms with van der Waals surface area (Å²) in [4.78, 5) is 0. The maximum Gasteiger partial charge on any atom is 0.119 e. The van der Waals surface area contributed by atoms with Crippen molar-refractivity contribution in [3.8, 4) is 5.75 Å². The topological polar surface area (TPSA) is 9.23 Å². The Balaban J connectivity index is 2.18. The maximum atomic E-state index is 6.16. The van der Waals surface area contributed by atoms with Gasteiger partial charge in [-0.2, -0.15) is 0 Å². The molecule has 1 atom stereocenters.